The predicted molar refractivity (Wildman–Crippen MR) is 94.9 cm³/mol. The maximum absolute atomic E-state index is 13.0. The summed E-state index contributed by atoms with van der Waals surface area (Å²) < 4.78 is 7.11. The zero-order valence-corrected chi connectivity index (χ0v) is 14.9. The smallest absolute Gasteiger partial charge is 0.445 e. The van der Waals surface area contributed by atoms with Gasteiger partial charge >= 0.3 is 11.9 Å². The highest BCUT2D eigenvalue weighted by Crippen LogP contribution is 2.27. The fourth-order valence-electron chi connectivity index (χ4n) is 2.82. The molecule has 0 spiro atoms. The molecular formula is C18H19ClN3O3+. The molecule has 0 aliphatic carbocycles. The number of halogens is 1. The summed E-state index contributed by atoms with van der Waals surface area (Å²) in [5.41, 5.74) is 0.710. The molecule has 25 heavy (non-hydrogen) atoms. The second-order valence-electron chi connectivity index (χ2n) is 5.84. The minimum Gasteiger partial charge on any atom is -0.496 e. The fourth-order valence-corrected chi connectivity index (χ4v) is 3.02. The van der Waals surface area contributed by atoms with Crippen LogP contribution >= 0.6 is 11.6 Å². The number of dihydropyridines is 1. The van der Waals surface area contributed by atoms with E-state index in [1.807, 2.05) is 13.0 Å². The lowest BCUT2D eigenvalue weighted by atomic mass is 9.99. The number of imide groups is 1. The largest absolute Gasteiger partial charge is 0.496 e. The predicted octanol–water partition coefficient (Wildman–Crippen LogP) is 2.85. The van der Waals surface area contributed by atoms with E-state index in [1.165, 1.54) is 9.48 Å². The number of hydrogen-bond donors (Lipinski definition) is 0. The lowest BCUT2D eigenvalue weighted by Crippen LogP contribution is -2.54. The number of amidine groups is 1. The molecule has 1 atom stereocenters. The number of fused-ring (bicyclic) bond motifs is 1. The van der Waals surface area contributed by atoms with Gasteiger partial charge in [-0.2, -0.15) is 9.48 Å². The van der Waals surface area contributed by atoms with Gasteiger partial charge in [0.1, 0.15) is 18.5 Å². The SMILES string of the molecule is CCCOC1=CC=NC2=[N+](C)C(=O)N(Cc3ccccc3Cl)C(=O)C12. The molecule has 2 aliphatic heterocycles. The van der Waals surface area contributed by atoms with Gasteiger partial charge in [0, 0.05) is 16.7 Å². The zero-order valence-electron chi connectivity index (χ0n) is 14.1. The van der Waals surface area contributed by atoms with Crippen LogP contribution in [0.3, 0.4) is 0 Å². The molecule has 0 N–H and O–H groups in total. The Hall–Kier alpha value is -2.47. The quantitative estimate of drug-likeness (QED) is 0.758. The summed E-state index contributed by atoms with van der Waals surface area (Å²) >= 11 is 6.18. The third-order valence-electron chi connectivity index (χ3n) is 4.12. The van der Waals surface area contributed by atoms with Crippen molar-refractivity contribution in [2.75, 3.05) is 13.7 Å². The first-order chi connectivity index (χ1) is 12.0. The van der Waals surface area contributed by atoms with Gasteiger partial charge < -0.3 is 4.74 Å². The summed E-state index contributed by atoms with van der Waals surface area (Å²) in [4.78, 5) is 31.1. The van der Waals surface area contributed by atoms with E-state index in [2.05, 4.69) is 4.99 Å². The van der Waals surface area contributed by atoms with Crippen molar-refractivity contribution in [1.29, 1.82) is 0 Å². The molecule has 3 amide bonds. The van der Waals surface area contributed by atoms with E-state index >= 15 is 0 Å². The highest BCUT2D eigenvalue weighted by molar-refractivity contribution is 6.31. The van der Waals surface area contributed by atoms with E-state index in [4.69, 9.17) is 16.3 Å². The van der Waals surface area contributed by atoms with Crippen molar-refractivity contribution in [2.45, 2.75) is 19.9 Å². The van der Waals surface area contributed by atoms with Crippen LogP contribution in [-0.4, -0.2) is 47.1 Å². The van der Waals surface area contributed by atoms with Crippen molar-refractivity contribution in [1.82, 2.24) is 4.90 Å². The maximum Gasteiger partial charge on any atom is 0.445 e. The first-order valence-electron chi connectivity index (χ1n) is 8.11. The molecule has 0 radical (unpaired) electrons. The van der Waals surface area contributed by atoms with Crippen LogP contribution in [0.2, 0.25) is 5.02 Å². The highest BCUT2D eigenvalue weighted by Gasteiger charge is 2.49. The Labute approximate surface area is 151 Å². The second kappa shape index (κ2) is 7.19. The molecule has 3 rings (SSSR count). The van der Waals surface area contributed by atoms with Crippen LogP contribution in [0.25, 0.3) is 0 Å². The number of nitrogens with zero attached hydrogens (tertiary/aromatic N) is 3. The van der Waals surface area contributed by atoms with Gasteiger partial charge in [-0.15, -0.1) is 4.99 Å². The molecule has 1 aromatic carbocycles. The standard InChI is InChI=1S/C18H19ClN3O3/c1-3-10-25-14-8-9-20-16-15(14)17(23)22(18(24)21(16)2)11-12-6-4-5-7-13(12)19/h4-9,15H,3,10-11H2,1-2H3/q+1. The van der Waals surface area contributed by atoms with Gasteiger partial charge in [0.15, 0.2) is 5.92 Å². The van der Waals surface area contributed by atoms with Crippen molar-refractivity contribution in [3.05, 3.63) is 46.7 Å². The molecule has 1 unspecified atom stereocenters. The minimum absolute atomic E-state index is 0.107. The van der Waals surface area contributed by atoms with Crippen LogP contribution in [0.5, 0.6) is 0 Å². The van der Waals surface area contributed by atoms with Crippen LogP contribution in [0.15, 0.2) is 41.1 Å². The number of allylic oxidation sites excluding steroid dienone is 1. The van der Waals surface area contributed by atoms with E-state index < -0.39 is 11.9 Å². The number of urea groups is 1. The molecule has 0 aromatic heterocycles. The Morgan fingerprint density at radius 3 is 2.80 bits per heavy atom. The van der Waals surface area contributed by atoms with Crippen LogP contribution < -0.4 is 0 Å². The van der Waals surface area contributed by atoms with E-state index in [0.717, 1.165) is 6.42 Å². The monoisotopic (exact) mass is 360 g/mol. The number of benzene rings is 1. The van der Waals surface area contributed by atoms with Gasteiger partial charge in [-0.05, 0) is 12.5 Å². The minimum atomic E-state index is -0.707. The molecule has 0 bridgehead atoms. The van der Waals surface area contributed by atoms with E-state index in [9.17, 15) is 9.59 Å². The van der Waals surface area contributed by atoms with Gasteiger partial charge in [-0.3, -0.25) is 4.79 Å². The number of ether oxygens (including phenoxy) is 1. The van der Waals surface area contributed by atoms with Crippen LogP contribution in [0, 0.1) is 5.92 Å². The number of amides is 3. The van der Waals surface area contributed by atoms with Crippen molar-refractivity contribution < 1.29 is 18.9 Å². The lowest BCUT2D eigenvalue weighted by molar-refractivity contribution is -0.409. The van der Waals surface area contributed by atoms with Crippen molar-refractivity contribution in [2.24, 2.45) is 10.9 Å². The van der Waals surface area contributed by atoms with Crippen LogP contribution in [0.1, 0.15) is 18.9 Å². The third-order valence-corrected chi connectivity index (χ3v) is 4.49. The Balaban J connectivity index is 1.95. The number of rotatable bonds is 5. The third kappa shape index (κ3) is 3.22. The van der Waals surface area contributed by atoms with Gasteiger partial charge in [0.25, 0.3) is 5.84 Å². The summed E-state index contributed by atoms with van der Waals surface area (Å²) in [7, 11) is 1.61. The first-order valence-corrected chi connectivity index (χ1v) is 8.48. The number of aliphatic imine (C=N–C) groups is 1. The number of hydrogen-bond acceptors (Lipinski definition) is 4. The van der Waals surface area contributed by atoms with Gasteiger partial charge in [0.2, 0.25) is 0 Å². The zero-order chi connectivity index (χ0) is 18.0. The Morgan fingerprint density at radius 1 is 1.32 bits per heavy atom. The maximum atomic E-state index is 13.0. The summed E-state index contributed by atoms with van der Waals surface area (Å²) in [5, 5.41) is 0.514. The number of carbonyl (C=O) groups is 2. The average molecular weight is 361 g/mol. The van der Waals surface area contributed by atoms with Crippen LogP contribution in [0.4, 0.5) is 4.79 Å². The van der Waals surface area contributed by atoms with Crippen molar-refractivity contribution in [3.8, 4) is 0 Å². The average Bonchev–Trinajstić information content (AvgIpc) is 2.62. The van der Waals surface area contributed by atoms with Crippen LogP contribution in [-0.2, 0) is 16.1 Å². The normalized spacial score (nSPS) is 19.9. The molecule has 2 aliphatic rings. The summed E-state index contributed by atoms with van der Waals surface area (Å²) in [6.07, 6.45) is 4.06. The summed E-state index contributed by atoms with van der Waals surface area (Å²) in [6, 6.07) is 6.73. The van der Waals surface area contributed by atoms with E-state index in [-0.39, 0.29) is 12.5 Å². The molecule has 7 heteroatoms. The molecule has 0 saturated heterocycles. The van der Waals surface area contributed by atoms with Crippen molar-refractivity contribution in [3.63, 3.8) is 0 Å². The molecule has 0 fully saturated rings. The topological polar surface area (TPSA) is 62.0 Å². The molecule has 130 valence electrons. The summed E-state index contributed by atoms with van der Waals surface area (Å²) in [6.45, 7) is 2.60. The highest BCUT2D eigenvalue weighted by atomic mass is 35.5. The summed E-state index contributed by atoms with van der Waals surface area (Å²) in [5.74, 6) is -0.154. The molecule has 6 nitrogen and oxygen atoms in total. The van der Waals surface area contributed by atoms with E-state index in [1.54, 1.807) is 37.5 Å². The van der Waals surface area contributed by atoms with Gasteiger partial charge in [-0.25, -0.2) is 4.79 Å². The molecular weight excluding hydrogens is 342 g/mol. The molecule has 1 aromatic rings. The lowest BCUT2D eigenvalue weighted by Gasteiger charge is -2.28. The fraction of sp³-hybridized carbons (Fsp3) is 0.333. The molecule has 0 saturated carbocycles. The molecule has 2 heterocycles. The first kappa shape index (κ1) is 17.4. The van der Waals surface area contributed by atoms with Crippen molar-refractivity contribution >= 4 is 35.6 Å². The van der Waals surface area contributed by atoms with Gasteiger partial charge in [-0.1, -0.05) is 36.7 Å². The Bertz CT molecular complexity index is 814. The Kier molecular flexibility index (Phi) is 4.99. The number of carbonyl (C=O) groups excluding carboxylic acids is 2. The van der Waals surface area contributed by atoms with E-state index in [0.29, 0.717) is 28.8 Å². The Morgan fingerprint density at radius 2 is 2.08 bits per heavy atom. The second-order valence-corrected chi connectivity index (χ2v) is 6.25. The van der Waals surface area contributed by atoms with Gasteiger partial charge in [0.05, 0.1) is 13.7 Å².